The van der Waals surface area contributed by atoms with E-state index in [4.69, 9.17) is 14.4 Å². The molecule has 292 valence electrons. The minimum absolute atomic E-state index is 0.0852. The molecule has 2 atom stereocenters. The van der Waals surface area contributed by atoms with E-state index in [-0.39, 0.29) is 12.0 Å². The van der Waals surface area contributed by atoms with Crippen LogP contribution in [-0.4, -0.2) is 16.1 Å². The molecule has 4 heteroatoms. The molecule has 0 saturated carbocycles. The molecular weight excluding hydrogens is 755 g/mol. The van der Waals surface area contributed by atoms with E-state index in [1.165, 1.54) is 48.7 Å². The van der Waals surface area contributed by atoms with Crippen molar-refractivity contribution in [3.63, 3.8) is 0 Å². The van der Waals surface area contributed by atoms with E-state index >= 15 is 0 Å². The maximum absolute atomic E-state index is 7.10. The van der Waals surface area contributed by atoms with Crippen LogP contribution in [0.2, 0.25) is 0 Å². The lowest BCUT2D eigenvalue weighted by molar-refractivity contribution is 0.532. The zero-order valence-corrected chi connectivity index (χ0v) is 34.1. The Hall–Kier alpha value is -7.82. The first-order valence-corrected chi connectivity index (χ1v) is 21.6. The molecule has 4 nitrogen and oxygen atoms in total. The van der Waals surface area contributed by atoms with Gasteiger partial charge in [-0.3, -0.25) is 4.99 Å². The third-order valence-corrected chi connectivity index (χ3v) is 13.3. The molecule has 0 spiro atoms. The summed E-state index contributed by atoms with van der Waals surface area (Å²) >= 11 is 0. The van der Waals surface area contributed by atoms with Crippen LogP contribution >= 0.6 is 0 Å². The number of fused-ring (bicyclic) bond motifs is 12. The van der Waals surface area contributed by atoms with Crippen molar-refractivity contribution in [2.75, 3.05) is 0 Å². The van der Waals surface area contributed by atoms with Crippen LogP contribution < -0.4 is 0 Å². The average Bonchev–Trinajstić information content (AvgIpc) is 3.88. The number of aromatic nitrogens is 1. The van der Waals surface area contributed by atoms with Crippen LogP contribution in [-0.2, 0) is 0 Å². The van der Waals surface area contributed by atoms with Crippen molar-refractivity contribution < 1.29 is 4.42 Å². The second-order valence-electron chi connectivity index (χ2n) is 16.7. The fraction of sp³-hybridized carbons (Fsp3) is 0.0690. The SMILES string of the molecule is CCC1C(c2ccc3ccccc3c2)=NC(c2cc(-n3c4cc5ccccc5cc4c4c5ccccc5ccc43)c3c(c2)oc2c4ccccc4ccc23)=NC1c1ccccc1. The highest BCUT2D eigenvalue weighted by atomic mass is 16.3. The normalized spacial score (nSPS) is 15.8. The van der Waals surface area contributed by atoms with Crippen molar-refractivity contribution in [3.05, 3.63) is 211 Å². The summed E-state index contributed by atoms with van der Waals surface area (Å²) in [6.45, 7) is 2.26. The van der Waals surface area contributed by atoms with E-state index in [0.717, 1.165) is 72.7 Å². The van der Waals surface area contributed by atoms with E-state index in [0.29, 0.717) is 5.84 Å². The zero-order valence-electron chi connectivity index (χ0n) is 34.1. The second-order valence-corrected chi connectivity index (χ2v) is 16.7. The molecule has 12 aromatic rings. The van der Waals surface area contributed by atoms with Crippen LogP contribution in [0.1, 0.15) is 36.1 Å². The predicted octanol–water partition coefficient (Wildman–Crippen LogP) is 15.3. The van der Waals surface area contributed by atoms with Crippen molar-refractivity contribution in [2.45, 2.75) is 19.4 Å². The fourth-order valence-electron chi connectivity index (χ4n) is 10.4. The summed E-state index contributed by atoms with van der Waals surface area (Å²) in [7, 11) is 0. The molecule has 0 amide bonds. The molecule has 0 bridgehead atoms. The van der Waals surface area contributed by atoms with Crippen LogP contribution in [0, 0.1) is 5.92 Å². The number of benzene rings is 10. The highest BCUT2D eigenvalue weighted by molar-refractivity contribution is 6.26. The van der Waals surface area contributed by atoms with Crippen LogP contribution in [0.4, 0.5) is 0 Å². The maximum Gasteiger partial charge on any atom is 0.155 e. The van der Waals surface area contributed by atoms with Gasteiger partial charge in [0.15, 0.2) is 5.84 Å². The largest absolute Gasteiger partial charge is 0.455 e. The van der Waals surface area contributed by atoms with Gasteiger partial charge < -0.3 is 8.98 Å². The minimum Gasteiger partial charge on any atom is -0.455 e. The van der Waals surface area contributed by atoms with Gasteiger partial charge in [-0.2, -0.15) is 0 Å². The quantitative estimate of drug-likeness (QED) is 0.171. The Balaban J connectivity index is 1.15. The van der Waals surface area contributed by atoms with E-state index in [2.05, 4.69) is 206 Å². The van der Waals surface area contributed by atoms with Gasteiger partial charge in [-0.1, -0.05) is 159 Å². The van der Waals surface area contributed by atoms with Gasteiger partial charge in [-0.25, -0.2) is 4.99 Å². The van der Waals surface area contributed by atoms with Crippen LogP contribution in [0.3, 0.4) is 0 Å². The molecule has 0 N–H and O–H groups in total. The number of furan rings is 1. The summed E-state index contributed by atoms with van der Waals surface area (Å²) in [5, 5.41) is 14.1. The first-order valence-electron chi connectivity index (χ1n) is 21.6. The second kappa shape index (κ2) is 13.6. The first kappa shape index (κ1) is 35.0. The Kier molecular flexibility index (Phi) is 7.67. The fourth-order valence-corrected chi connectivity index (χ4v) is 10.4. The van der Waals surface area contributed by atoms with Crippen LogP contribution in [0.5, 0.6) is 0 Å². The van der Waals surface area contributed by atoms with Crippen molar-refractivity contribution in [1.82, 2.24) is 4.57 Å². The molecule has 1 aliphatic heterocycles. The van der Waals surface area contributed by atoms with Crippen molar-refractivity contribution >= 4 is 98.4 Å². The maximum atomic E-state index is 7.10. The summed E-state index contributed by atoms with van der Waals surface area (Å²) in [5.41, 5.74) is 9.29. The molecule has 10 aromatic carbocycles. The van der Waals surface area contributed by atoms with Gasteiger partial charge in [0.25, 0.3) is 0 Å². The lowest BCUT2D eigenvalue weighted by atomic mass is 9.82. The Bertz CT molecular complexity index is 3870. The monoisotopic (exact) mass is 793 g/mol. The number of aliphatic imine (C=N–C) groups is 2. The lowest BCUT2D eigenvalue weighted by Gasteiger charge is -2.30. The van der Waals surface area contributed by atoms with Crippen molar-refractivity contribution in [3.8, 4) is 5.69 Å². The highest BCUT2D eigenvalue weighted by Gasteiger charge is 2.33. The molecule has 62 heavy (non-hydrogen) atoms. The van der Waals surface area contributed by atoms with E-state index in [9.17, 15) is 0 Å². The molecule has 1 aliphatic rings. The third-order valence-electron chi connectivity index (χ3n) is 13.3. The summed E-state index contributed by atoms with van der Waals surface area (Å²) in [4.78, 5) is 11.2. The van der Waals surface area contributed by atoms with Crippen molar-refractivity contribution in [2.24, 2.45) is 15.9 Å². The van der Waals surface area contributed by atoms with Gasteiger partial charge in [-0.15, -0.1) is 0 Å². The molecule has 2 unspecified atom stereocenters. The lowest BCUT2D eigenvalue weighted by Crippen LogP contribution is -2.28. The molecule has 0 aliphatic carbocycles. The summed E-state index contributed by atoms with van der Waals surface area (Å²) in [6, 6.07) is 70.2. The molecule has 0 radical (unpaired) electrons. The summed E-state index contributed by atoms with van der Waals surface area (Å²) < 4.78 is 9.57. The molecule has 0 fully saturated rings. The minimum atomic E-state index is -0.125. The van der Waals surface area contributed by atoms with Gasteiger partial charge in [0, 0.05) is 33.0 Å². The zero-order chi connectivity index (χ0) is 40.9. The van der Waals surface area contributed by atoms with Crippen LogP contribution in [0.15, 0.2) is 209 Å². The Morgan fingerprint density at radius 2 is 1.13 bits per heavy atom. The summed E-state index contributed by atoms with van der Waals surface area (Å²) in [5.74, 6) is 0.791. The summed E-state index contributed by atoms with van der Waals surface area (Å²) in [6.07, 6.45) is 0.895. The topological polar surface area (TPSA) is 42.8 Å². The van der Waals surface area contributed by atoms with Gasteiger partial charge in [0.2, 0.25) is 0 Å². The van der Waals surface area contributed by atoms with E-state index in [1.807, 2.05) is 0 Å². The Morgan fingerprint density at radius 3 is 1.92 bits per heavy atom. The van der Waals surface area contributed by atoms with E-state index in [1.54, 1.807) is 0 Å². The predicted molar refractivity (Wildman–Crippen MR) is 261 cm³/mol. The molecule has 3 heterocycles. The van der Waals surface area contributed by atoms with Gasteiger partial charge in [-0.05, 0) is 97.7 Å². The third kappa shape index (κ3) is 5.26. The standard InChI is InChI=1S/C58H39N3O/c1-2-44-55(38-17-4-3-5-18-38)59-58(60-56(44)42-25-24-35-14-6-7-19-39(35)30-42)43-33-51(54-47-28-26-37-16-11-13-23-46(37)57(47)62-52(54)34-43)61-49-29-27-36-15-10-12-22-45(36)53(49)48-31-40-20-8-9-21-41(40)32-50(48)61/h3-34,44,55H,2H2,1H3. The average molecular weight is 794 g/mol. The van der Waals surface area contributed by atoms with E-state index < -0.39 is 0 Å². The van der Waals surface area contributed by atoms with Gasteiger partial charge in [0.05, 0.1) is 33.9 Å². The Morgan fingerprint density at radius 1 is 0.484 bits per heavy atom. The first-order chi connectivity index (χ1) is 30.7. The van der Waals surface area contributed by atoms with Crippen LogP contribution in [0.25, 0.3) is 92.5 Å². The molecular formula is C58H39N3O. The van der Waals surface area contributed by atoms with Gasteiger partial charge >= 0.3 is 0 Å². The molecule has 13 rings (SSSR count). The Labute approximate surface area is 357 Å². The number of hydrogen-bond donors (Lipinski definition) is 0. The highest BCUT2D eigenvalue weighted by Crippen LogP contribution is 2.45. The molecule has 2 aromatic heterocycles. The van der Waals surface area contributed by atoms with Gasteiger partial charge in [0.1, 0.15) is 11.2 Å². The molecule has 0 saturated heterocycles. The number of amidine groups is 1. The smallest absolute Gasteiger partial charge is 0.155 e. The number of nitrogens with zero attached hydrogens (tertiary/aromatic N) is 3. The number of rotatable bonds is 5. The van der Waals surface area contributed by atoms with Crippen molar-refractivity contribution in [1.29, 1.82) is 0 Å². The number of hydrogen-bond acceptors (Lipinski definition) is 3.